The molecule has 4 aromatic rings. The van der Waals surface area contributed by atoms with Crippen molar-refractivity contribution in [1.29, 1.82) is 0 Å². The van der Waals surface area contributed by atoms with Crippen LogP contribution in [0.4, 0.5) is 25.8 Å². The smallest absolute Gasteiger partial charge is 0.393 e. The van der Waals surface area contributed by atoms with E-state index in [4.69, 9.17) is 14.1 Å². The molecular formula is C56H67F2N3O9S2. The van der Waals surface area contributed by atoms with Crippen molar-refractivity contribution in [2.45, 2.75) is 136 Å². The highest BCUT2D eigenvalue weighted by molar-refractivity contribution is 8.05. The van der Waals surface area contributed by atoms with Crippen LogP contribution >= 0.6 is 0 Å². The Balaban J connectivity index is 1.41. The number of esters is 2. The summed E-state index contributed by atoms with van der Waals surface area (Å²) >= 11 is 0. The molecule has 0 amide bonds. The summed E-state index contributed by atoms with van der Waals surface area (Å²) in [5.41, 5.74) is 7.19. The minimum absolute atomic E-state index is 0.00502. The van der Waals surface area contributed by atoms with Gasteiger partial charge in [0.25, 0.3) is 20.0 Å². The van der Waals surface area contributed by atoms with Crippen molar-refractivity contribution >= 4 is 60.0 Å². The lowest BCUT2D eigenvalue weighted by molar-refractivity contribution is -0.154. The van der Waals surface area contributed by atoms with E-state index < -0.39 is 54.2 Å². The molecule has 0 saturated carbocycles. The summed E-state index contributed by atoms with van der Waals surface area (Å²) < 4.78 is 104. The fourth-order valence-corrected chi connectivity index (χ4v) is 11.2. The Hall–Kier alpha value is -5.97. The van der Waals surface area contributed by atoms with Gasteiger partial charge in [-0.1, -0.05) is 121 Å². The number of hydrogen-bond acceptors (Lipinski definition) is 11. The Labute approximate surface area is 423 Å². The number of unbranched alkanes of at least 4 members (excludes halogenated alkanes) is 1. The Bertz CT molecular complexity index is 3160. The first-order chi connectivity index (χ1) is 33.8. The first-order valence-electron chi connectivity index (χ1n) is 24.4. The molecule has 2 aliphatic rings. The molecule has 72 heavy (non-hydrogen) atoms. The molecule has 0 spiro atoms. The molecule has 0 atom stereocenters. The summed E-state index contributed by atoms with van der Waals surface area (Å²) in [6, 6.07) is 28.5. The molecule has 386 valence electrons. The Morgan fingerprint density at radius 3 is 1.90 bits per heavy atom. The van der Waals surface area contributed by atoms with E-state index >= 15 is 8.78 Å². The summed E-state index contributed by atoms with van der Waals surface area (Å²) in [6.45, 7) is 20.2. The number of para-hydroxylation sites is 2. The van der Waals surface area contributed by atoms with Gasteiger partial charge in [0.05, 0.1) is 28.0 Å². The number of rotatable bonds is 21. The highest BCUT2D eigenvalue weighted by Crippen LogP contribution is 2.44. The Kier molecular flexibility index (Phi) is 17.2. The number of fused-ring (bicyclic) bond motifs is 2. The van der Waals surface area contributed by atoms with Crippen LogP contribution in [0.3, 0.4) is 0 Å². The first kappa shape index (κ1) is 55.3. The zero-order valence-electron chi connectivity index (χ0n) is 43.0. The number of benzene rings is 5. The number of anilines is 2. The van der Waals surface area contributed by atoms with Crippen LogP contribution in [0.15, 0.2) is 111 Å². The van der Waals surface area contributed by atoms with Gasteiger partial charge in [-0.2, -0.15) is 8.78 Å². The maximum absolute atomic E-state index is 15.5. The third kappa shape index (κ3) is 12.4. The number of carbonyl (C=O) groups is 2. The quantitative estimate of drug-likeness (QED) is 0.0402. The van der Waals surface area contributed by atoms with Crippen LogP contribution in [0.2, 0.25) is 0 Å². The number of sulfonamides is 2. The van der Waals surface area contributed by atoms with Gasteiger partial charge in [0.2, 0.25) is 0 Å². The van der Waals surface area contributed by atoms with Crippen molar-refractivity contribution in [1.82, 2.24) is 4.13 Å². The molecule has 0 saturated heterocycles. The monoisotopic (exact) mass is 1030 g/mol. The summed E-state index contributed by atoms with van der Waals surface area (Å²) in [5.74, 6) is -0.538. The second-order valence-corrected chi connectivity index (χ2v) is 23.8. The summed E-state index contributed by atoms with van der Waals surface area (Å²) in [4.78, 5) is 29.2. The van der Waals surface area contributed by atoms with Gasteiger partial charge in [-0.15, -0.1) is 0 Å². The van der Waals surface area contributed by atoms with Gasteiger partial charge in [-0.25, -0.2) is 21.8 Å². The lowest BCUT2D eigenvalue weighted by atomic mass is 9.91. The van der Waals surface area contributed by atoms with Gasteiger partial charge in [0.1, 0.15) is 11.3 Å². The topological polar surface area (TPSA) is 170 Å². The van der Waals surface area contributed by atoms with E-state index in [1.807, 2.05) is 25.1 Å². The van der Waals surface area contributed by atoms with Crippen LogP contribution in [-0.2, 0) is 39.1 Å². The van der Waals surface area contributed by atoms with Crippen LogP contribution in [0.1, 0.15) is 148 Å². The Morgan fingerprint density at radius 2 is 1.31 bits per heavy atom. The van der Waals surface area contributed by atoms with Crippen molar-refractivity contribution in [3.05, 3.63) is 125 Å². The molecule has 2 N–H and O–H groups in total. The molecule has 0 fully saturated rings. The predicted molar refractivity (Wildman–Crippen MR) is 280 cm³/mol. The van der Waals surface area contributed by atoms with Gasteiger partial charge in [0, 0.05) is 52.0 Å². The van der Waals surface area contributed by atoms with Crippen LogP contribution in [0, 0.1) is 5.41 Å². The van der Waals surface area contributed by atoms with E-state index in [-0.39, 0.29) is 55.1 Å². The molecule has 1 heterocycles. The van der Waals surface area contributed by atoms with Gasteiger partial charge >= 0.3 is 17.2 Å². The van der Waals surface area contributed by atoms with E-state index in [1.54, 1.807) is 50.2 Å². The zero-order valence-corrected chi connectivity index (χ0v) is 44.6. The molecule has 0 radical (unpaired) electrons. The standard InChI is InChI=1S/C56H67F2N3O9S2/c1-12-55(10,11)54(63)68-30-16-15-25-50(62)69-33-56(57,58)72(66,67)61-71(64,65)49-24-14-13-19-46(49)51-44-28-26-38(59-52-40(34(2)3)20-17-21-41(52)35(4)5)31-47(44)70-48-32-39(27-29-45(48)51)60-53-42(36(6)7)22-18-23-43(53)37(8)9/h13-14,17-24,26-29,31-32,34-37,59,61H,12,15-16,25,30,33H2,1-11H3/b60-39+. The summed E-state index contributed by atoms with van der Waals surface area (Å²) in [7, 11) is -11.4. The largest absolute Gasteiger partial charge is 0.465 e. The molecule has 1 aliphatic heterocycles. The third-order valence-electron chi connectivity index (χ3n) is 12.8. The third-order valence-corrected chi connectivity index (χ3v) is 16.4. The molecule has 6 rings (SSSR count). The van der Waals surface area contributed by atoms with Crippen molar-refractivity contribution in [2.75, 3.05) is 18.5 Å². The van der Waals surface area contributed by atoms with Crippen LogP contribution in [-0.4, -0.2) is 47.2 Å². The zero-order chi connectivity index (χ0) is 52.9. The predicted octanol–water partition coefficient (Wildman–Crippen LogP) is 13.6. The molecule has 0 bridgehead atoms. The van der Waals surface area contributed by atoms with Crippen LogP contribution in [0.25, 0.3) is 33.4 Å². The fourth-order valence-electron chi connectivity index (χ4n) is 8.27. The molecule has 4 aromatic carbocycles. The summed E-state index contributed by atoms with van der Waals surface area (Å²) in [6.07, 6.45) is 0.495. The number of halogens is 2. The molecule has 16 heteroatoms. The van der Waals surface area contributed by atoms with Crippen LogP contribution < -0.4 is 14.8 Å². The number of hydrogen-bond donors (Lipinski definition) is 2. The lowest BCUT2D eigenvalue weighted by Gasteiger charge is -2.22. The van der Waals surface area contributed by atoms with Gasteiger partial charge in [-0.05, 0) is 109 Å². The summed E-state index contributed by atoms with van der Waals surface area (Å²) in [5, 5.41) is -0.240. The van der Waals surface area contributed by atoms with E-state index in [1.165, 1.54) is 16.3 Å². The molecule has 0 aromatic heterocycles. The minimum Gasteiger partial charge on any atom is -0.465 e. The highest BCUT2D eigenvalue weighted by atomic mass is 32.3. The number of carbonyl (C=O) groups excluding carboxylic acids is 2. The van der Waals surface area contributed by atoms with E-state index in [0.29, 0.717) is 45.3 Å². The maximum Gasteiger partial charge on any atom is 0.393 e. The van der Waals surface area contributed by atoms with E-state index in [2.05, 4.69) is 89.7 Å². The first-order valence-corrected chi connectivity index (χ1v) is 27.4. The molecule has 1 aliphatic carbocycles. The van der Waals surface area contributed by atoms with Crippen molar-refractivity contribution in [3.63, 3.8) is 0 Å². The second kappa shape index (κ2) is 22.4. The maximum atomic E-state index is 15.5. The minimum atomic E-state index is -6.06. The van der Waals surface area contributed by atoms with Crippen molar-refractivity contribution in [2.24, 2.45) is 10.4 Å². The molecule has 0 unspecified atom stereocenters. The average molecular weight is 1030 g/mol. The SMILES string of the molecule is CCC(C)(C)C(=O)OCCCCC(=O)OCC(F)(F)S(=O)(=O)NS(=O)(=O)c1ccccc1-c1c2cc/c(=N\c3c(C(C)C)cccc3C(C)C)cc-2oc2cc(Nc3c(C(C)C)cccc3C(C)C)ccc12. The average Bonchev–Trinajstić information content (AvgIpc) is 3.31. The second-order valence-electron chi connectivity index (χ2n) is 20.0. The van der Waals surface area contributed by atoms with Crippen LogP contribution in [0.5, 0.6) is 0 Å². The molecule has 12 nitrogen and oxygen atoms in total. The van der Waals surface area contributed by atoms with Gasteiger partial charge in [-0.3, -0.25) is 9.59 Å². The van der Waals surface area contributed by atoms with E-state index in [9.17, 15) is 26.4 Å². The Morgan fingerprint density at radius 1 is 0.708 bits per heavy atom. The molecular weight excluding hydrogens is 961 g/mol. The highest BCUT2D eigenvalue weighted by Gasteiger charge is 2.49. The van der Waals surface area contributed by atoms with Gasteiger partial charge < -0.3 is 19.2 Å². The number of ether oxygens (including phenoxy) is 2. The van der Waals surface area contributed by atoms with Gasteiger partial charge in [0.15, 0.2) is 6.61 Å². The number of nitrogens with one attached hydrogen (secondary N) is 2. The lowest BCUT2D eigenvalue weighted by Crippen LogP contribution is -2.45. The number of alkyl halides is 2. The van der Waals surface area contributed by atoms with E-state index in [0.717, 1.165) is 39.7 Å². The normalized spacial score (nSPS) is 13.0. The number of nitrogens with zero attached hydrogens (tertiary/aromatic N) is 1. The fraction of sp³-hybridized carbons (Fsp3) is 0.411. The van der Waals surface area contributed by atoms with Crippen molar-refractivity contribution < 1.29 is 49.1 Å². The van der Waals surface area contributed by atoms with Crippen molar-refractivity contribution in [3.8, 4) is 22.5 Å².